The Morgan fingerprint density at radius 1 is 1.60 bits per heavy atom. The van der Waals surface area contributed by atoms with E-state index in [1.165, 1.54) is 11.8 Å². The minimum absolute atomic E-state index is 0.217. The van der Waals surface area contributed by atoms with E-state index in [1.807, 2.05) is 6.92 Å². The molecule has 0 aromatic rings. The van der Waals surface area contributed by atoms with Crippen LogP contribution >= 0.6 is 11.8 Å². The standard InChI is InChI=1S/C8H15NO4S2/c1-3-4-7-9(15(2,12)13)6(5-14-7)8(10)11/h6-7H,3-5H2,1-2H3,(H,10,11). The largest absolute Gasteiger partial charge is 0.480 e. The lowest BCUT2D eigenvalue weighted by Crippen LogP contribution is -2.44. The molecule has 15 heavy (non-hydrogen) atoms. The van der Waals surface area contributed by atoms with E-state index in [-0.39, 0.29) is 5.37 Å². The van der Waals surface area contributed by atoms with Crippen LogP contribution in [0.25, 0.3) is 0 Å². The van der Waals surface area contributed by atoms with Crippen molar-refractivity contribution in [3.8, 4) is 0 Å². The first kappa shape index (κ1) is 12.8. The summed E-state index contributed by atoms with van der Waals surface area (Å²) in [6.45, 7) is 1.95. The molecule has 0 aromatic carbocycles. The molecule has 88 valence electrons. The summed E-state index contributed by atoms with van der Waals surface area (Å²) in [5, 5.41) is 8.70. The van der Waals surface area contributed by atoms with Crippen LogP contribution in [0.2, 0.25) is 0 Å². The zero-order valence-corrected chi connectivity index (χ0v) is 10.3. The molecule has 1 saturated heterocycles. The Bertz CT molecular complexity index is 341. The Labute approximate surface area is 93.9 Å². The highest BCUT2D eigenvalue weighted by Crippen LogP contribution is 2.34. The molecule has 1 aliphatic heterocycles. The summed E-state index contributed by atoms with van der Waals surface area (Å²) in [6.07, 6.45) is 2.61. The van der Waals surface area contributed by atoms with Gasteiger partial charge in [0.2, 0.25) is 10.0 Å². The van der Waals surface area contributed by atoms with E-state index in [9.17, 15) is 13.2 Å². The molecule has 0 saturated carbocycles. The molecule has 7 heteroatoms. The third-order valence-electron chi connectivity index (χ3n) is 2.24. The molecule has 2 atom stereocenters. The smallest absolute Gasteiger partial charge is 0.322 e. The van der Waals surface area contributed by atoms with Crippen LogP contribution in [0.5, 0.6) is 0 Å². The minimum atomic E-state index is -3.44. The maximum absolute atomic E-state index is 11.5. The number of aliphatic carboxylic acids is 1. The van der Waals surface area contributed by atoms with Crippen molar-refractivity contribution in [1.29, 1.82) is 0 Å². The Morgan fingerprint density at radius 2 is 2.20 bits per heavy atom. The third-order valence-corrected chi connectivity index (χ3v) is 5.01. The van der Waals surface area contributed by atoms with Crippen molar-refractivity contribution in [1.82, 2.24) is 4.31 Å². The summed E-state index contributed by atoms with van der Waals surface area (Å²) in [5.74, 6) is -0.723. The van der Waals surface area contributed by atoms with Gasteiger partial charge < -0.3 is 5.11 Å². The Morgan fingerprint density at radius 3 is 2.60 bits per heavy atom. The lowest BCUT2D eigenvalue weighted by Gasteiger charge is -2.24. The van der Waals surface area contributed by atoms with Crippen LogP contribution in [0.1, 0.15) is 19.8 Å². The first-order valence-corrected chi connectivity index (χ1v) is 7.60. The topological polar surface area (TPSA) is 74.7 Å². The number of rotatable bonds is 4. The van der Waals surface area contributed by atoms with Crippen LogP contribution in [-0.2, 0) is 14.8 Å². The fourth-order valence-electron chi connectivity index (χ4n) is 1.63. The average Bonchev–Trinajstić information content (AvgIpc) is 2.47. The Kier molecular flexibility index (Phi) is 4.02. The number of carboxylic acids is 1. The molecule has 5 nitrogen and oxygen atoms in total. The molecule has 1 aliphatic rings. The lowest BCUT2D eigenvalue weighted by molar-refractivity contribution is -0.140. The van der Waals surface area contributed by atoms with Gasteiger partial charge in [-0.3, -0.25) is 4.79 Å². The second-order valence-corrected chi connectivity index (χ2v) is 6.62. The molecule has 0 bridgehead atoms. The monoisotopic (exact) mass is 253 g/mol. The molecular formula is C8H15NO4S2. The quantitative estimate of drug-likeness (QED) is 0.793. The molecule has 1 rings (SSSR count). The van der Waals surface area contributed by atoms with Gasteiger partial charge >= 0.3 is 5.97 Å². The van der Waals surface area contributed by atoms with Gasteiger partial charge in [0, 0.05) is 5.75 Å². The SMILES string of the molecule is CCCC1SCC(C(=O)O)N1S(C)(=O)=O. The van der Waals surface area contributed by atoms with Crippen LogP contribution in [0.4, 0.5) is 0 Å². The zero-order valence-electron chi connectivity index (χ0n) is 8.71. The van der Waals surface area contributed by atoms with E-state index < -0.39 is 22.0 Å². The van der Waals surface area contributed by atoms with Crippen molar-refractivity contribution in [2.75, 3.05) is 12.0 Å². The highest BCUT2D eigenvalue weighted by atomic mass is 32.2. The van der Waals surface area contributed by atoms with Crippen LogP contribution in [0.15, 0.2) is 0 Å². The van der Waals surface area contributed by atoms with Gasteiger partial charge in [0.15, 0.2) is 0 Å². The summed E-state index contributed by atoms with van der Waals surface area (Å²) in [4.78, 5) is 10.9. The maximum Gasteiger partial charge on any atom is 0.322 e. The lowest BCUT2D eigenvalue weighted by atomic mass is 10.3. The predicted octanol–water partition coefficient (Wildman–Crippen LogP) is 0.574. The number of sulfonamides is 1. The highest BCUT2D eigenvalue weighted by Gasteiger charge is 2.43. The highest BCUT2D eigenvalue weighted by molar-refractivity contribution is 8.01. The number of carboxylic acid groups (broad SMARTS) is 1. The number of hydrogen-bond acceptors (Lipinski definition) is 4. The molecule has 1 fully saturated rings. The summed E-state index contributed by atoms with van der Waals surface area (Å²) in [5.41, 5.74) is 0. The number of carbonyl (C=O) groups is 1. The normalized spacial score (nSPS) is 28.1. The number of nitrogens with zero attached hydrogens (tertiary/aromatic N) is 1. The van der Waals surface area contributed by atoms with Gasteiger partial charge in [-0.1, -0.05) is 13.3 Å². The van der Waals surface area contributed by atoms with E-state index in [2.05, 4.69) is 0 Å². The van der Waals surface area contributed by atoms with E-state index in [4.69, 9.17) is 5.11 Å². The maximum atomic E-state index is 11.5. The first-order chi connectivity index (χ1) is 6.88. The fraction of sp³-hybridized carbons (Fsp3) is 0.875. The molecule has 1 heterocycles. The fourth-order valence-corrected chi connectivity index (χ4v) is 4.94. The molecule has 0 aromatic heterocycles. The number of hydrogen-bond donors (Lipinski definition) is 1. The summed E-state index contributed by atoms with van der Waals surface area (Å²) in [7, 11) is -3.44. The molecule has 1 N–H and O–H groups in total. The minimum Gasteiger partial charge on any atom is -0.480 e. The average molecular weight is 253 g/mol. The molecule has 0 amide bonds. The second-order valence-electron chi connectivity index (χ2n) is 3.52. The van der Waals surface area contributed by atoms with Gasteiger partial charge in [-0.25, -0.2) is 8.42 Å². The predicted molar refractivity (Wildman–Crippen MR) is 59.3 cm³/mol. The van der Waals surface area contributed by atoms with Crippen LogP contribution in [0.3, 0.4) is 0 Å². The van der Waals surface area contributed by atoms with Gasteiger partial charge in [-0.2, -0.15) is 4.31 Å². The van der Waals surface area contributed by atoms with Crippen molar-refractivity contribution < 1.29 is 18.3 Å². The molecule has 0 spiro atoms. The van der Waals surface area contributed by atoms with Crippen molar-refractivity contribution in [3.63, 3.8) is 0 Å². The molecule has 0 aliphatic carbocycles. The summed E-state index contributed by atoms with van der Waals surface area (Å²) < 4.78 is 24.1. The Balaban J connectivity index is 2.93. The van der Waals surface area contributed by atoms with Crippen molar-refractivity contribution in [3.05, 3.63) is 0 Å². The van der Waals surface area contributed by atoms with Gasteiger partial charge in [-0.15, -0.1) is 11.8 Å². The van der Waals surface area contributed by atoms with E-state index >= 15 is 0 Å². The second kappa shape index (κ2) is 4.71. The molecule has 2 unspecified atom stereocenters. The van der Waals surface area contributed by atoms with Crippen molar-refractivity contribution in [2.24, 2.45) is 0 Å². The number of thioether (sulfide) groups is 1. The van der Waals surface area contributed by atoms with Gasteiger partial charge in [-0.05, 0) is 6.42 Å². The Hall–Kier alpha value is -0.270. The molecule has 0 radical (unpaired) electrons. The first-order valence-electron chi connectivity index (χ1n) is 4.70. The van der Waals surface area contributed by atoms with Gasteiger partial charge in [0.1, 0.15) is 6.04 Å². The molecular weight excluding hydrogens is 238 g/mol. The summed E-state index contributed by atoms with van der Waals surface area (Å²) >= 11 is 1.40. The van der Waals surface area contributed by atoms with E-state index in [1.54, 1.807) is 0 Å². The van der Waals surface area contributed by atoms with Crippen molar-refractivity contribution in [2.45, 2.75) is 31.2 Å². The van der Waals surface area contributed by atoms with Crippen LogP contribution in [0, 0.1) is 0 Å². The van der Waals surface area contributed by atoms with Crippen molar-refractivity contribution >= 4 is 27.8 Å². The van der Waals surface area contributed by atoms with Crippen LogP contribution < -0.4 is 0 Å². The van der Waals surface area contributed by atoms with Crippen LogP contribution in [-0.4, -0.2) is 47.2 Å². The van der Waals surface area contributed by atoms with Gasteiger partial charge in [0.25, 0.3) is 0 Å². The van der Waals surface area contributed by atoms with E-state index in [0.29, 0.717) is 12.2 Å². The summed E-state index contributed by atoms with van der Waals surface area (Å²) in [6, 6.07) is -0.901. The van der Waals surface area contributed by atoms with E-state index in [0.717, 1.165) is 17.0 Å². The zero-order chi connectivity index (χ0) is 11.6. The van der Waals surface area contributed by atoms with Gasteiger partial charge in [0.05, 0.1) is 11.6 Å². The third kappa shape index (κ3) is 2.85.